The minimum absolute atomic E-state index is 0.0688. The number of carbonyl (C=O) groups is 1. The second-order valence-corrected chi connectivity index (χ2v) is 17.2. The number of unbranched alkanes of at least 4 members (excludes halogenated alkanes) is 37. The summed E-state index contributed by atoms with van der Waals surface area (Å²) in [6.45, 7) is 4.33. The molecular weight excluding hydrogens is 675 g/mol. The van der Waals surface area contributed by atoms with Gasteiger partial charge in [-0.25, -0.2) is 0 Å². The molecule has 0 spiro atoms. The van der Waals surface area contributed by atoms with Gasteiger partial charge >= 0.3 is 0 Å². The molecule has 0 radical (unpaired) electrons. The Hall–Kier alpha value is -1.13. The minimum atomic E-state index is -0.841. The second kappa shape index (κ2) is 47.2. The lowest BCUT2D eigenvalue weighted by molar-refractivity contribution is -0.123. The van der Waals surface area contributed by atoms with Crippen LogP contribution >= 0.6 is 0 Å². The Bertz CT molecular complexity index is 795. The summed E-state index contributed by atoms with van der Waals surface area (Å²) >= 11 is 0. The van der Waals surface area contributed by atoms with Crippen molar-refractivity contribution in [2.45, 2.75) is 289 Å². The predicted octanol–water partition coefficient (Wildman–Crippen LogP) is 16.0. The maximum atomic E-state index is 12.4. The van der Waals surface area contributed by atoms with Gasteiger partial charge in [-0.3, -0.25) is 4.79 Å². The lowest BCUT2D eigenvalue weighted by atomic mass is 10.0. The average molecular weight is 774 g/mol. The van der Waals surface area contributed by atoms with Crippen molar-refractivity contribution < 1.29 is 15.0 Å². The highest BCUT2D eigenvalue weighted by Crippen LogP contribution is 2.16. The molecule has 0 rings (SSSR count). The summed E-state index contributed by atoms with van der Waals surface area (Å²) in [6, 6.07) is -0.625. The molecule has 0 bridgehead atoms. The Morgan fingerprint density at radius 1 is 0.418 bits per heavy atom. The molecule has 55 heavy (non-hydrogen) atoms. The van der Waals surface area contributed by atoms with Gasteiger partial charge in [0, 0.05) is 6.42 Å². The van der Waals surface area contributed by atoms with E-state index in [1.807, 2.05) is 6.08 Å². The highest BCUT2D eigenvalue weighted by atomic mass is 16.3. The van der Waals surface area contributed by atoms with E-state index in [9.17, 15) is 15.0 Å². The van der Waals surface area contributed by atoms with E-state index >= 15 is 0 Å². The molecule has 0 aromatic heterocycles. The van der Waals surface area contributed by atoms with Crippen LogP contribution in [0.1, 0.15) is 277 Å². The smallest absolute Gasteiger partial charge is 0.220 e. The number of hydrogen-bond donors (Lipinski definition) is 3. The van der Waals surface area contributed by atoms with Crippen LogP contribution in [-0.4, -0.2) is 34.9 Å². The SMILES string of the molecule is CCCCCCCCCCC/C=C\CCCCCCCC(=O)NC(CO)C(O)/C=C/CCCCCCCCCCCCCCCCCCCCCCCCC. The zero-order valence-electron chi connectivity index (χ0n) is 37.5. The topological polar surface area (TPSA) is 69.6 Å². The van der Waals surface area contributed by atoms with Gasteiger partial charge in [-0.15, -0.1) is 0 Å². The van der Waals surface area contributed by atoms with E-state index in [1.165, 1.54) is 225 Å². The molecule has 0 aromatic carbocycles. The molecule has 0 saturated carbocycles. The maximum absolute atomic E-state index is 12.4. The summed E-state index contributed by atoms with van der Waals surface area (Å²) in [7, 11) is 0. The number of rotatable bonds is 46. The van der Waals surface area contributed by atoms with Crippen LogP contribution in [0.4, 0.5) is 0 Å². The van der Waals surface area contributed by atoms with Crippen molar-refractivity contribution in [3.05, 3.63) is 24.3 Å². The molecule has 0 aliphatic heterocycles. The first kappa shape index (κ1) is 53.9. The summed E-state index contributed by atoms with van der Waals surface area (Å²) in [6.07, 6.45) is 61.7. The van der Waals surface area contributed by atoms with Crippen LogP contribution in [0.15, 0.2) is 24.3 Å². The van der Waals surface area contributed by atoms with Crippen LogP contribution in [-0.2, 0) is 4.79 Å². The number of hydrogen-bond acceptors (Lipinski definition) is 3. The third-order valence-electron chi connectivity index (χ3n) is 11.7. The molecule has 0 heterocycles. The largest absolute Gasteiger partial charge is 0.394 e. The number of carbonyl (C=O) groups excluding carboxylic acids is 1. The van der Waals surface area contributed by atoms with Crippen LogP contribution < -0.4 is 5.32 Å². The monoisotopic (exact) mass is 774 g/mol. The van der Waals surface area contributed by atoms with Crippen LogP contribution in [0.2, 0.25) is 0 Å². The molecule has 3 N–H and O–H groups in total. The average Bonchev–Trinajstić information content (AvgIpc) is 3.19. The molecular formula is C51H99NO3. The fourth-order valence-electron chi connectivity index (χ4n) is 7.82. The van der Waals surface area contributed by atoms with Gasteiger partial charge < -0.3 is 15.5 Å². The Balaban J connectivity index is 3.51. The van der Waals surface area contributed by atoms with Gasteiger partial charge in [0.2, 0.25) is 5.91 Å². The van der Waals surface area contributed by atoms with E-state index in [2.05, 4.69) is 31.3 Å². The number of aliphatic hydroxyl groups excluding tert-OH is 2. The molecule has 0 aliphatic rings. The van der Waals surface area contributed by atoms with E-state index in [4.69, 9.17) is 0 Å². The van der Waals surface area contributed by atoms with Crippen LogP contribution in [0.25, 0.3) is 0 Å². The molecule has 4 heteroatoms. The summed E-state index contributed by atoms with van der Waals surface area (Å²) < 4.78 is 0. The first-order chi connectivity index (χ1) is 27.2. The molecule has 4 nitrogen and oxygen atoms in total. The normalized spacial score (nSPS) is 13.0. The summed E-state index contributed by atoms with van der Waals surface area (Å²) in [5.74, 6) is -0.0688. The number of amides is 1. The van der Waals surface area contributed by atoms with Crippen molar-refractivity contribution in [2.24, 2.45) is 0 Å². The van der Waals surface area contributed by atoms with E-state index in [-0.39, 0.29) is 12.5 Å². The van der Waals surface area contributed by atoms with Crippen LogP contribution in [0, 0.1) is 0 Å². The van der Waals surface area contributed by atoms with Gasteiger partial charge in [0.15, 0.2) is 0 Å². The number of aliphatic hydroxyl groups is 2. The molecule has 0 saturated heterocycles. The van der Waals surface area contributed by atoms with Gasteiger partial charge in [0.05, 0.1) is 18.8 Å². The van der Waals surface area contributed by atoms with Crippen molar-refractivity contribution in [1.29, 1.82) is 0 Å². The van der Waals surface area contributed by atoms with Gasteiger partial charge in [-0.05, 0) is 44.9 Å². The van der Waals surface area contributed by atoms with E-state index in [0.29, 0.717) is 6.42 Å². The second-order valence-electron chi connectivity index (χ2n) is 17.2. The Labute approximate surface area is 345 Å². The van der Waals surface area contributed by atoms with E-state index < -0.39 is 12.1 Å². The fraction of sp³-hybridized carbons (Fsp3) is 0.902. The molecule has 2 unspecified atom stereocenters. The molecule has 326 valence electrons. The Morgan fingerprint density at radius 3 is 1.00 bits per heavy atom. The quantitative estimate of drug-likeness (QED) is 0.0426. The highest BCUT2D eigenvalue weighted by Gasteiger charge is 2.18. The third-order valence-corrected chi connectivity index (χ3v) is 11.7. The minimum Gasteiger partial charge on any atom is -0.394 e. The summed E-state index contributed by atoms with van der Waals surface area (Å²) in [5, 5.41) is 23.1. The van der Waals surface area contributed by atoms with Crippen LogP contribution in [0.3, 0.4) is 0 Å². The van der Waals surface area contributed by atoms with Crippen molar-refractivity contribution >= 4 is 5.91 Å². The first-order valence-electron chi connectivity index (χ1n) is 25.1. The summed E-state index contributed by atoms with van der Waals surface area (Å²) in [4.78, 5) is 12.4. The molecule has 0 aliphatic carbocycles. The van der Waals surface area contributed by atoms with Crippen molar-refractivity contribution in [1.82, 2.24) is 5.32 Å². The molecule has 2 atom stereocenters. The zero-order valence-corrected chi connectivity index (χ0v) is 37.5. The molecule has 0 fully saturated rings. The van der Waals surface area contributed by atoms with Gasteiger partial charge in [-0.2, -0.15) is 0 Å². The van der Waals surface area contributed by atoms with Crippen molar-refractivity contribution in [3.8, 4) is 0 Å². The lowest BCUT2D eigenvalue weighted by Gasteiger charge is -2.20. The Kier molecular flexibility index (Phi) is 46.3. The maximum Gasteiger partial charge on any atom is 0.220 e. The number of nitrogens with one attached hydrogen (secondary N) is 1. The van der Waals surface area contributed by atoms with E-state index in [1.54, 1.807) is 6.08 Å². The number of allylic oxidation sites excluding steroid dienone is 3. The highest BCUT2D eigenvalue weighted by molar-refractivity contribution is 5.76. The summed E-state index contributed by atoms with van der Waals surface area (Å²) in [5.41, 5.74) is 0. The van der Waals surface area contributed by atoms with Gasteiger partial charge in [0.25, 0.3) is 0 Å². The van der Waals surface area contributed by atoms with Crippen molar-refractivity contribution in [3.63, 3.8) is 0 Å². The standard InChI is InChI=1S/C51H99NO3/c1-3-5-7-9-11-13-15-17-19-21-23-24-25-26-27-28-29-30-32-34-36-38-40-42-44-46-50(54)49(48-53)52-51(55)47-45-43-41-39-37-35-33-31-22-20-18-16-14-12-10-8-6-4-2/h31,33,44,46,49-50,53-54H,3-30,32,34-43,45,47-48H2,1-2H3,(H,52,55)/b33-31-,46-44+. The Morgan fingerprint density at radius 2 is 0.691 bits per heavy atom. The lowest BCUT2D eigenvalue weighted by Crippen LogP contribution is -2.45. The fourth-order valence-corrected chi connectivity index (χ4v) is 7.82. The molecule has 1 amide bonds. The predicted molar refractivity (Wildman–Crippen MR) is 244 cm³/mol. The van der Waals surface area contributed by atoms with Gasteiger partial charge in [0.1, 0.15) is 0 Å². The van der Waals surface area contributed by atoms with Gasteiger partial charge in [-0.1, -0.05) is 250 Å². The first-order valence-corrected chi connectivity index (χ1v) is 25.1. The molecule has 0 aromatic rings. The van der Waals surface area contributed by atoms with Crippen molar-refractivity contribution in [2.75, 3.05) is 6.61 Å². The zero-order chi connectivity index (χ0) is 40.0. The van der Waals surface area contributed by atoms with E-state index in [0.717, 1.165) is 32.1 Å². The third kappa shape index (κ3) is 43.8. The van der Waals surface area contributed by atoms with Crippen LogP contribution in [0.5, 0.6) is 0 Å².